The fourth-order valence-electron chi connectivity index (χ4n) is 1.59. The van der Waals surface area contributed by atoms with E-state index >= 15 is 0 Å². The summed E-state index contributed by atoms with van der Waals surface area (Å²) in [5.41, 5.74) is 1.98. The van der Waals surface area contributed by atoms with Gasteiger partial charge >= 0.3 is 5.97 Å². The third-order valence-corrected chi connectivity index (χ3v) is 3.11. The van der Waals surface area contributed by atoms with Crippen LogP contribution in [0.2, 0.25) is 0 Å². The Morgan fingerprint density at radius 1 is 1.32 bits per heavy atom. The molecular formula is C13H13N3O2S. The number of carboxylic acid groups (broad SMARTS) is 1. The first-order valence-electron chi connectivity index (χ1n) is 5.59. The van der Waals surface area contributed by atoms with Gasteiger partial charge in [-0.2, -0.15) is 0 Å². The summed E-state index contributed by atoms with van der Waals surface area (Å²) >= 11 is 1.35. The van der Waals surface area contributed by atoms with E-state index in [2.05, 4.69) is 15.5 Å². The number of carboxylic acids is 1. The normalized spacial score (nSPS) is 10.2. The predicted molar refractivity (Wildman–Crippen MR) is 75.2 cm³/mol. The summed E-state index contributed by atoms with van der Waals surface area (Å²) in [6, 6.07) is 9.13. The van der Waals surface area contributed by atoms with Crippen molar-refractivity contribution in [2.24, 2.45) is 0 Å². The van der Waals surface area contributed by atoms with Crippen LogP contribution in [0, 0.1) is 6.92 Å². The van der Waals surface area contributed by atoms with Gasteiger partial charge in [0, 0.05) is 5.69 Å². The van der Waals surface area contributed by atoms with Crippen molar-refractivity contribution in [1.82, 2.24) is 10.2 Å². The molecule has 0 fully saturated rings. The van der Waals surface area contributed by atoms with Crippen molar-refractivity contribution < 1.29 is 9.90 Å². The first-order valence-corrected chi connectivity index (χ1v) is 6.81. The van der Waals surface area contributed by atoms with Crippen LogP contribution in [0.5, 0.6) is 0 Å². The van der Waals surface area contributed by atoms with Crippen LogP contribution in [-0.4, -0.2) is 27.5 Å². The van der Waals surface area contributed by atoms with E-state index in [0.717, 1.165) is 11.3 Å². The number of anilines is 2. The molecule has 0 amide bonds. The van der Waals surface area contributed by atoms with Crippen LogP contribution in [-0.2, 0) is 0 Å². The lowest BCUT2D eigenvalue weighted by Gasteiger charge is -2.09. The number of carbonyl (C=O) groups is 1. The van der Waals surface area contributed by atoms with Gasteiger partial charge in [0.15, 0.2) is 5.82 Å². The molecule has 0 saturated carbocycles. The van der Waals surface area contributed by atoms with E-state index in [1.807, 2.05) is 37.4 Å². The van der Waals surface area contributed by atoms with Crippen LogP contribution in [0.15, 0.2) is 35.4 Å². The maximum atomic E-state index is 11.2. The molecular weight excluding hydrogens is 262 g/mol. The van der Waals surface area contributed by atoms with Crippen molar-refractivity contribution in [1.29, 1.82) is 0 Å². The SMILES string of the molecule is CSc1cc(C(=O)O)c(Nc2cccc(C)c2)nn1. The third-order valence-electron chi connectivity index (χ3n) is 2.49. The smallest absolute Gasteiger partial charge is 0.339 e. The van der Waals surface area contributed by atoms with Gasteiger partial charge in [-0.05, 0) is 36.9 Å². The van der Waals surface area contributed by atoms with Crippen molar-refractivity contribution in [3.05, 3.63) is 41.5 Å². The highest BCUT2D eigenvalue weighted by Crippen LogP contribution is 2.22. The number of hydrogen-bond acceptors (Lipinski definition) is 5. The molecule has 0 aliphatic carbocycles. The summed E-state index contributed by atoms with van der Waals surface area (Å²) in [5.74, 6) is -0.781. The average Bonchev–Trinajstić information content (AvgIpc) is 2.39. The van der Waals surface area contributed by atoms with Crippen molar-refractivity contribution >= 4 is 29.2 Å². The number of aromatic carboxylic acids is 1. The van der Waals surface area contributed by atoms with Gasteiger partial charge in [0.2, 0.25) is 0 Å². The molecule has 19 heavy (non-hydrogen) atoms. The molecule has 6 heteroatoms. The van der Waals surface area contributed by atoms with Gasteiger partial charge in [0.1, 0.15) is 10.6 Å². The highest BCUT2D eigenvalue weighted by Gasteiger charge is 2.14. The quantitative estimate of drug-likeness (QED) is 0.836. The van der Waals surface area contributed by atoms with E-state index in [4.69, 9.17) is 0 Å². The summed E-state index contributed by atoms with van der Waals surface area (Å²) in [7, 11) is 0. The Labute approximate surface area is 115 Å². The molecule has 2 aromatic rings. The number of benzene rings is 1. The minimum Gasteiger partial charge on any atom is -0.478 e. The number of aryl methyl sites for hydroxylation is 1. The van der Waals surface area contributed by atoms with Crippen LogP contribution in [0.25, 0.3) is 0 Å². The van der Waals surface area contributed by atoms with E-state index in [1.54, 1.807) is 0 Å². The number of rotatable bonds is 4. The predicted octanol–water partition coefficient (Wildman–Crippen LogP) is 2.95. The van der Waals surface area contributed by atoms with E-state index < -0.39 is 5.97 Å². The maximum Gasteiger partial charge on any atom is 0.339 e. The highest BCUT2D eigenvalue weighted by atomic mass is 32.2. The van der Waals surface area contributed by atoms with Gasteiger partial charge < -0.3 is 10.4 Å². The van der Waals surface area contributed by atoms with E-state index in [9.17, 15) is 9.90 Å². The van der Waals surface area contributed by atoms with Crippen LogP contribution in [0.4, 0.5) is 11.5 Å². The van der Waals surface area contributed by atoms with Crippen LogP contribution >= 0.6 is 11.8 Å². The van der Waals surface area contributed by atoms with Gasteiger partial charge in [0.25, 0.3) is 0 Å². The summed E-state index contributed by atoms with van der Waals surface area (Å²) in [6.45, 7) is 1.96. The number of hydrogen-bond donors (Lipinski definition) is 2. The number of aromatic nitrogens is 2. The minimum absolute atomic E-state index is 0.112. The second-order valence-corrected chi connectivity index (χ2v) is 4.78. The summed E-state index contributed by atoms with van der Waals surface area (Å²) in [4.78, 5) is 11.2. The Morgan fingerprint density at radius 2 is 2.11 bits per heavy atom. The molecule has 98 valence electrons. The summed E-state index contributed by atoms with van der Waals surface area (Å²) in [6.07, 6.45) is 1.82. The Hall–Kier alpha value is -2.08. The third kappa shape index (κ3) is 3.23. The van der Waals surface area contributed by atoms with E-state index in [1.165, 1.54) is 17.8 Å². The zero-order valence-corrected chi connectivity index (χ0v) is 11.4. The first-order chi connectivity index (χ1) is 9.10. The molecule has 2 N–H and O–H groups in total. The molecule has 2 rings (SSSR count). The molecule has 1 aromatic heterocycles. The first kappa shape index (κ1) is 13.4. The number of nitrogens with zero attached hydrogens (tertiary/aromatic N) is 2. The Kier molecular flexibility index (Phi) is 4.01. The van der Waals surface area contributed by atoms with Crippen LogP contribution in [0.1, 0.15) is 15.9 Å². The Morgan fingerprint density at radius 3 is 2.74 bits per heavy atom. The summed E-state index contributed by atoms with van der Waals surface area (Å²) in [5, 5.41) is 20.6. The second-order valence-electron chi connectivity index (χ2n) is 3.95. The van der Waals surface area contributed by atoms with Gasteiger partial charge in [-0.25, -0.2) is 4.79 Å². The summed E-state index contributed by atoms with van der Waals surface area (Å²) < 4.78 is 0. The molecule has 0 aliphatic heterocycles. The Bertz CT molecular complexity index is 617. The lowest BCUT2D eigenvalue weighted by molar-refractivity contribution is 0.0697. The van der Waals surface area contributed by atoms with Crippen molar-refractivity contribution in [2.45, 2.75) is 11.9 Å². The van der Waals surface area contributed by atoms with Crippen molar-refractivity contribution in [3.8, 4) is 0 Å². The molecule has 5 nitrogen and oxygen atoms in total. The van der Waals surface area contributed by atoms with Crippen LogP contribution in [0.3, 0.4) is 0 Å². The van der Waals surface area contributed by atoms with Gasteiger partial charge in [-0.3, -0.25) is 0 Å². The lowest BCUT2D eigenvalue weighted by atomic mass is 10.2. The largest absolute Gasteiger partial charge is 0.478 e. The molecule has 0 atom stereocenters. The molecule has 0 unspecified atom stereocenters. The molecule has 0 saturated heterocycles. The molecule has 1 aromatic carbocycles. The molecule has 0 spiro atoms. The Balaban J connectivity index is 2.36. The molecule has 0 aliphatic rings. The van der Waals surface area contributed by atoms with E-state index in [-0.39, 0.29) is 11.4 Å². The maximum absolute atomic E-state index is 11.2. The van der Waals surface area contributed by atoms with Gasteiger partial charge in [0.05, 0.1) is 0 Å². The van der Waals surface area contributed by atoms with Gasteiger partial charge in [-0.1, -0.05) is 12.1 Å². The van der Waals surface area contributed by atoms with Crippen molar-refractivity contribution in [3.63, 3.8) is 0 Å². The topological polar surface area (TPSA) is 75.1 Å². The minimum atomic E-state index is -1.03. The lowest BCUT2D eigenvalue weighted by Crippen LogP contribution is -2.07. The average molecular weight is 275 g/mol. The standard InChI is InChI=1S/C13H13N3O2S/c1-8-4-3-5-9(6-8)14-12-10(13(17)18)7-11(19-2)15-16-12/h3-7H,1-2H3,(H,14,16)(H,17,18). The van der Waals surface area contributed by atoms with Crippen LogP contribution < -0.4 is 5.32 Å². The fraction of sp³-hybridized carbons (Fsp3) is 0.154. The van der Waals surface area contributed by atoms with Gasteiger partial charge in [-0.15, -0.1) is 22.0 Å². The zero-order chi connectivity index (χ0) is 13.8. The fourth-order valence-corrected chi connectivity index (χ4v) is 1.95. The van der Waals surface area contributed by atoms with E-state index in [0.29, 0.717) is 5.03 Å². The molecule has 0 bridgehead atoms. The molecule has 0 radical (unpaired) electrons. The van der Waals surface area contributed by atoms with Crippen molar-refractivity contribution in [2.75, 3.05) is 11.6 Å². The second kappa shape index (κ2) is 5.71. The highest BCUT2D eigenvalue weighted by molar-refractivity contribution is 7.98. The number of nitrogens with one attached hydrogen (secondary N) is 1. The zero-order valence-electron chi connectivity index (χ0n) is 10.5. The number of thioether (sulfide) groups is 1. The molecule has 1 heterocycles. The monoisotopic (exact) mass is 275 g/mol.